The number of ether oxygens (including phenoxy) is 2. The molecule has 3 N–H and O–H groups in total. The van der Waals surface area contributed by atoms with E-state index in [1.54, 1.807) is 18.0 Å². The molecule has 2 heterocycles. The Morgan fingerprint density at radius 3 is 2.36 bits per heavy atom. The van der Waals surface area contributed by atoms with Crippen molar-refractivity contribution in [3.05, 3.63) is 89.6 Å². The minimum atomic E-state index is -0.810. The van der Waals surface area contributed by atoms with Gasteiger partial charge >= 0.3 is 5.97 Å². The summed E-state index contributed by atoms with van der Waals surface area (Å²) in [6, 6.07) is 21.1. The number of rotatable bonds is 13. The summed E-state index contributed by atoms with van der Waals surface area (Å²) in [5.74, 6) is -0.182. The first-order valence-electron chi connectivity index (χ1n) is 13.2. The molecule has 3 aromatic rings. The smallest absolute Gasteiger partial charge is 0.303 e. The number of carbonyl (C=O) groups is 2. The highest BCUT2D eigenvalue weighted by molar-refractivity contribution is 7.99. The Balaban J connectivity index is 1.38. The molecule has 0 saturated carbocycles. The van der Waals surface area contributed by atoms with Gasteiger partial charge in [-0.2, -0.15) is 0 Å². The van der Waals surface area contributed by atoms with Crippen molar-refractivity contribution < 1.29 is 29.3 Å². The predicted octanol–water partition coefficient (Wildman–Crippen LogP) is 5.89. The molecule has 2 aromatic carbocycles. The normalized spacial score (nSPS) is 18.9. The maximum Gasteiger partial charge on any atom is 0.303 e. The van der Waals surface area contributed by atoms with Gasteiger partial charge in [0.1, 0.15) is 0 Å². The molecule has 3 atom stereocenters. The van der Waals surface area contributed by atoms with E-state index in [2.05, 4.69) is 10.3 Å². The van der Waals surface area contributed by atoms with E-state index in [0.717, 1.165) is 27.5 Å². The van der Waals surface area contributed by atoms with Crippen LogP contribution in [0.2, 0.25) is 0 Å². The number of amides is 1. The summed E-state index contributed by atoms with van der Waals surface area (Å²) in [5.41, 5.74) is 3.41. The molecular formula is C30H34N2O6S. The zero-order valence-electron chi connectivity index (χ0n) is 21.7. The number of nitrogens with one attached hydrogen (secondary N) is 1. The summed E-state index contributed by atoms with van der Waals surface area (Å²) in [5, 5.41) is 21.9. The SMILES string of the molecule is O=C(O)CCCCCC(=O)Nc1ccc([C@H]2O[C@@H](CSc3ccccn3)C[C@@H](c3ccc(CO)cc3)O2)cc1. The van der Waals surface area contributed by atoms with Crippen LogP contribution in [0.25, 0.3) is 0 Å². The molecule has 39 heavy (non-hydrogen) atoms. The molecule has 1 aliphatic heterocycles. The van der Waals surface area contributed by atoms with E-state index in [4.69, 9.17) is 14.6 Å². The van der Waals surface area contributed by atoms with Crippen molar-refractivity contribution >= 4 is 29.3 Å². The number of thioether (sulfide) groups is 1. The number of carbonyl (C=O) groups excluding carboxylic acids is 1. The second-order valence-electron chi connectivity index (χ2n) is 9.45. The van der Waals surface area contributed by atoms with Gasteiger partial charge in [0.25, 0.3) is 0 Å². The number of anilines is 1. The molecule has 206 valence electrons. The molecule has 8 nitrogen and oxygen atoms in total. The van der Waals surface area contributed by atoms with Crippen LogP contribution in [0.5, 0.6) is 0 Å². The first-order chi connectivity index (χ1) is 19.0. The molecule has 1 fully saturated rings. The molecule has 1 aliphatic rings. The quantitative estimate of drug-likeness (QED) is 0.178. The Labute approximate surface area is 232 Å². The molecule has 1 amide bonds. The molecule has 4 rings (SSSR count). The second-order valence-corrected chi connectivity index (χ2v) is 10.5. The fraction of sp³-hybridized carbons (Fsp3) is 0.367. The number of aliphatic carboxylic acids is 1. The van der Waals surface area contributed by atoms with E-state index in [1.807, 2.05) is 66.7 Å². The number of unbranched alkanes of at least 4 members (excludes halogenated alkanes) is 2. The van der Waals surface area contributed by atoms with Crippen LogP contribution < -0.4 is 5.32 Å². The first kappa shape index (κ1) is 28.8. The van der Waals surface area contributed by atoms with Crippen LogP contribution in [0, 0.1) is 0 Å². The van der Waals surface area contributed by atoms with Gasteiger partial charge in [-0.1, -0.05) is 48.9 Å². The number of aliphatic hydroxyl groups is 1. The van der Waals surface area contributed by atoms with Crippen molar-refractivity contribution in [3.63, 3.8) is 0 Å². The van der Waals surface area contributed by atoms with E-state index < -0.39 is 12.3 Å². The Morgan fingerprint density at radius 2 is 1.67 bits per heavy atom. The molecule has 0 spiro atoms. The standard InChI is InChI=1S/C30H34N2O6S/c33-19-21-9-11-22(12-10-21)26-18-25(20-39-28-7-4-5-17-31-28)37-30(38-26)23-13-15-24(16-14-23)32-27(34)6-2-1-3-8-29(35)36/h4-5,7,9-17,25-26,30,33H,1-3,6,8,18-20H2,(H,32,34)(H,35,36)/t25-,26+,30+/m1/s1. The highest BCUT2D eigenvalue weighted by Gasteiger charge is 2.32. The van der Waals surface area contributed by atoms with Gasteiger partial charge in [0.15, 0.2) is 6.29 Å². The lowest BCUT2D eigenvalue weighted by molar-refractivity contribution is -0.245. The summed E-state index contributed by atoms with van der Waals surface area (Å²) in [4.78, 5) is 27.3. The van der Waals surface area contributed by atoms with Crippen molar-refractivity contribution in [2.24, 2.45) is 0 Å². The third kappa shape index (κ3) is 9.18. The third-order valence-electron chi connectivity index (χ3n) is 6.43. The van der Waals surface area contributed by atoms with Crippen LogP contribution in [0.3, 0.4) is 0 Å². The van der Waals surface area contributed by atoms with Crippen LogP contribution in [0.4, 0.5) is 5.69 Å². The molecule has 9 heteroatoms. The molecular weight excluding hydrogens is 516 g/mol. The van der Waals surface area contributed by atoms with E-state index in [0.29, 0.717) is 37.8 Å². The number of nitrogens with zero attached hydrogens (tertiary/aromatic N) is 1. The minimum absolute atomic E-state index is 0.00547. The van der Waals surface area contributed by atoms with Gasteiger partial charge in [-0.25, -0.2) is 4.98 Å². The summed E-state index contributed by atoms with van der Waals surface area (Å²) < 4.78 is 12.8. The first-order valence-corrected chi connectivity index (χ1v) is 14.1. The van der Waals surface area contributed by atoms with Crippen molar-refractivity contribution in [2.75, 3.05) is 11.1 Å². The topological polar surface area (TPSA) is 118 Å². The number of carboxylic acid groups (broad SMARTS) is 1. The van der Waals surface area contributed by atoms with Crippen molar-refractivity contribution in [1.29, 1.82) is 0 Å². The Hall–Kier alpha value is -3.24. The highest BCUT2D eigenvalue weighted by atomic mass is 32.2. The van der Waals surface area contributed by atoms with Gasteiger partial charge in [-0.15, -0.1) is 11.8 Å². The predicted molar refractivity (Wildman–Crippen MR) is 149 cm³/mol. The van der Waals surface area contributed by atoms with E-state index >= 15 is 0 Å². The number of aliphatic hydroxyl groups excluding tert-OH is 1. The molecule has 0 aliphatic carbocycles. The maximum atomic E-state index is 12.3. The molecule has 1 aromatic heterocycles. The number of benzene rings is 2. The van der Waals surface area contributed by atoms with E-state index in [-0.39, 0.29) is 31.1 Å². The van der Waals surface area contributed by atoms with Crippen LogP contribution in [-0.4, -0.2) is 38.9 Å². The Kier molecular flexibility index (Phi) is 10.9. The average Bonchev–Trinajstić information content (AvgIpc) is 2.96. The zero-order chi connectivity index (χ0) is 27.5. The van der Waals surface area contributed by atoms with Crippen LogP contribution in [0.1, 0.15) is 67.6 Å². The maximum absolute atomic E-state index is 12.3. The van der Waals surface area contributed by atoms with Gasteiger partial charge in [0.2, 0.25) is 5.91 Å². The summed E-state index contributed by atoms with van der Waals surface area (Å²) in [6.07, 6.45) is 4.07. The van der Waals surface area contributed by atoms with Crippen LogP contribution in [0.15, 0.2) is 78.0 Å². The number of aromatic nitrogens is 1. The summed E-state index contributed by atoms with van der Waals surface area (Å²) in [7, 11) is 0. The lowest BCUT2D eigenvalue weighted by atomic mass is 10.0. The number of hydrogen-bond acceptors (Lipinski definition) is 7. The number of hydrogen-bond donors (Lipinski definition) is 3. The molecule has 0 bridgehead atoms. The second kappa shape index (κ2) is 14.8. The summed E-state index contributed by atoms with van der Waals surface area (Å²) in [6.45, 7) is -0.00547. The fourth-order valence-electron chi connectivity index (χ4n) is 4.32. The molecule has 1 saturated heterocycles. The Bertz CT molecular complexity index is 1190. The van der Waals surface area contributed by atoms with Crippen molar-refractivity contribution in [1.82, 2.24) is 4.98 Å². The van der Waals surface area contributed by atoms with Gasteiger partial charge in [-0.3, -0.25) is 9.59 Å². The third-order valence-corrected chi connectivity index (χ3v) is 7.51. The van der Waals surface area contributed by atoms with Gasteiger partial charge in [0.05, 0.1) is 23.8 Å². The van der Waals surface area contributed by atoms with Gasteiger partial charge in [0, 0.05) is 42.5 Å². The zero-order valence-corrected chi connectivity index (χ0v) is 22.5. The highest BCUT2D eigenvalue weighted by Crippen LogP contribution is 2.39. The monoisotopic (exact) mass is 550 g/mol. The minimum Gasteiger partial charge on any atom is -0.481 e. The Morgan fingerprint density at radius 1 is 0.923 bits per heavy atom. The van der Waals surface area contributed by atoms with Crippen molar-refractivity contribution in [3.8, 4) is 0 Å². The van der Waals surface area contributed by atoms with Crippen molar-refractivity contribution in [2.45, 2.75) is 68.7 Å². The lowest BCUT2D eigenvalue weighted by Gasteiger charge is -2.36. The summed E-state index contributed by atoms with van der Waals surface area (Å²) >= 11 is 1.65. The van der Waals surface area contributed by atoms with Crippen LogP contribution >= 0.6 is 11.8 Å². The molecule has 0 unspecified atom stereocenters. The van der Waals surface area contributed by atoms with Gasteiger partial charge in [-0.05, 0) is 48.2 Å². The fourth-order valence-corrected chi connectivity index (χ4v) is 5.20. The largest absolute Gasteiger partial charge is 0.481 e. The molecule has 0 radical (unpaired) electrons. The number of pyridine rings is 1. The lowest BCUT2D eigenvalue weighted by Crippen LogP contribution is -2.31. The van der Waals surface area contributed by atoms with Gasteiger partial charge < -0.3 is 25.0 Å². The van der Waals surface area contributed by atoms with E-state index in [1.165, 1.54) is 0 Å². The van der Waals surface area contributed by atoms with E-state index in [9.17, 15) is 14.7 Å². The van der Waals surface area contributed by atoms with Crippen LogP contribution in [-0.2, 0) is 25.7 Å². The average molecular weight is 551 g/mol. The number of carboxylic acids is 1.